The summed E-state index contributed by atoms with van der Waals surface area (Å²) in [6, 6.07) is 14.3. The van der Waals surface area contributed by atoms with Crippen molar-refractivity contribution in [2.24, 2.45) is 0 Å². The van der Waals surface area contributed by atoms with E-state index in [0.29, 0.717) is 23.5 Å². The fourth-order valence-electron chi connectivity index (χ4n) is 2.27. The third-order valence-corrected chi connectivity index (χ3v) is 3.51. The summed E-state index contributed by atoms with van der Waals surface area (Å²) in [5.74, 6) is 0.800. The van der Waals surface area contributed by atoms with Gasteiger partial charge in [0.25, 0.3) is 0 Å². The Bertz CT molecular complexity index is 709. The molecule has 1 aliphatic rings. The Kier molecular flexibility index (Phi) is 4.57. The van der Waals surface area contributed by atoms with Gasteiger partial charge in [0.2, 0.25) is 6.79 Å². The van der Waals surface area contributed by atoms with Gasteiger partial charge in [-0.05, 0) is 24.1 Å². The van der Waals surface area contributed by atoms with Crippen molar-refractivity contribution in [3.63, 3.8) is 0 Å². The standard InChI is InChI=1S/C18H16O5/c19-15(14-4-2-1-3-5-14)11-21-18(20)9-7-13-6-8-16-17(10-13)23-12-22-16/h1-6,8,10H,7,9,11-12H2. The van der Waals surface area contributed by atoms with Crippen LogP contribution >= 0.6 is 0 Å². The van der Waals surface area contributed by atoms with Gasteiger partial charge in [0.05, 0.1) is 0 Å². The minimum Gasteiger partial charge on any atom is -0.457 e. The van der Waals surface area contributed by atoms with E-state index in [1.54, 1.807) is 24.3 Å². The lowest BCUT2D eigenvalue weighted by atomic mass is 10.1. The first-order chi connectivity index (χ1) is 11.2. The van der Waals surface area contributed by atoms with Crippen LogP contribution in [0.15, 0.2) is 48.5 Å². The van der Waals surface area contributed by atoms with Gasteiger partial charge in [-0.25, -0.2) is 0 Å². The fraction of sp³-hybridized carbons (Fsp3) is 0.222. The molecule has 0 saturated heterocycles. The average molecular weight is 312 g/mol. The fourth-order valence-corrected chi connectivity index (χ4v) is 2.27. The van der Waals surface area contributed by atoms with Gasteiger partial charge < -0.3 is 14.2 Å². The largest absolute Gasteiger partial charge is 0.457 e. The van der Waals surface area contributed by atoms with Crippen molar-refractivity contribution in [2.75, 3.05) is 13.4 Å². The summed E-state index contributed by atoms with van der Waals surface area (Å²) < 4.78 is 15.6. The maximum atomic E-state index is 11.8. The number of Topliss-reactive ketones (excluding diaryl/α,β-unsaturated/α-hetero) is 1. The molecule has 0 saturated carbocycles. The highest BCUT2D eigenvalue weighted by Crippen LogP contribution is 2.32. The molecule has 118 valence electrons. The molecule has 5 nitrogen and oxygen atoms in total. The van der Waals surface area contributed by atoms with Crippen LogP contribution in [0.5, 0.6) is 11.5 Å². The lowest BCUT2D eigenvalue weighted by Gasteiger charge is -2.05. The summed E-state index contributed by atoms with van der Waals surface area (Å²) in [4.78, 5) is 23.6. The molecule has 0 bridgehead atoms. The molecule has 0 radical (unpaired) electrons. The molecule has 1 aliphatic heterocycles. The predicted molar refractivity (Wildman–Crippen MR) is 82.6 cm³/mol. The van der Waals surface area contributed by atoms with E-state index in [1.165, 1.54) is 0 Å². The lowest BCUT2D eigenvalue weighted by Crippen LogP contribution is -2.14. The highest BCUT2D eigenvalue weighted by molar-refractivity contribution is 5.97. The van der Waals surface area contributed by atoms with Gasteiger partial charge >= 0.3 is 5.97 Å². The molecule has 0 fully saturated rings. The van der Waals surface area contributed by atoms with E-state index < -0.39 is 5.97 Å². The zero-order chi connectivity index (χ0) is 16.1. The van der Waals surface area contributed by atoms with E-state index in [9.17, 15) is 9.59 Å². The van der Waals surface area contributed by atoms with E-state index in [0.717, 1.165) is 5.56 Å². The van der Waals surface area contributed by atoms with E-state index in [4.69, 9.17) is 14.2 Å². The first-order valence-electron chi connectivity index (χ1n) is 7.35. The summed E-state index contributed by atoms with van der Waals surface area (Å²) in [5.41, 5.74) is 1.50. The zero-order valence-electron chi connectivity index (χ0n) is 12.5. The Hall–Kier alpha value is -2.82. The minimum atomic E-state index is -0.396. The highest BCUT2D eigenvalue weighted by Gasteiger charge is 2.14. The number of carbonyl (C=O) groups excluding carboxylic acids is 2. The normalized spacial score (nSPS) is 12.0. The topological polar surface area (TPSA) is 61.8 Å². The molecule has 23 heavy (non-hydrogen) atoms. The Morgan fingerprint density at radius 2 is 1.78 bits per heavy atom. The van der Waals surface area contributed by atoms with Crippen LogP contribution in [0.4, 0.5) is 0 Å². The lowest BCUT2D eigenvalue weighted by molar-refractivity contribution is -0.142. The number of aryl methyl sites for hydroxylation is 1. The van der Waals surface area contributed by atoms with Gasteiger partial charge in [-0.2, -0.15) is 0 Å². The van der Waals surface area contributed by atoms with Gasteiger partial charge in [-0.15, -0.1) is 0 Å². The molecule has 0 unspecified atom stereocenters. The second kappa shape index (κ2) is 6.96. The molecular weight excluding hydrogens is 296 g/mol. The highest BCUT2D eigenvalue weighted by atomic mass is 16.7. The first kappa shape index (κ1) is 15.1. The Labute approximate surface area is 133 Å². The number of hydrogen-bond acceptors (Lipinski definition) is 5. The van der Waals surface area contributed by atoms with Crippen LogP contribution < -0.4 is 9.47 Å². The number of esters is 1. The predicted octanol–water partition coefficient (Wildman–Crippen LogP) is 2.77. The first-order valence-corrected chi connectivity index (χ1v) is 7.35. The maximum absolute atomic E-state index is 11.8. The van der Waals surface area contributed by atoms with Crippen LogP contribution in [0.2, 0.25) is 0 Å². The van der Waals surface area contributed by atoms with E-state index in [1.807, 2.05) is 24.3 Å². The Morgan fingerprint density at radius 3 is 2.61 bits per heavy atom. The third-order valence-electron chi connectivity index (χ3n) is 3.51. The molecule has 0 amide bonds. The number of rotatable bonds is 6. The molecule has 0 spiro atoms. The van der Waals surface area contributed by atoms with Gasteiger partial charge in [-0.1, -0.05) is 36.4 Å². The van der Waals surface area contributed by atoms with Crippen molar-refractivity contribution < 1.29 is 23.8 Å². The van der Waals surface area contributed by atoms with E-state index in [2.05, 4.69) is 0 Å². The SMILES string of the molecule is O=C(CCc1ccc2c(c1)OCO2)OCC(=O)c1ccccc1. The van der Waals surface area contributed by atoms with Crippen molar-refractivity contribution in [3.05, 3.63) is 59.7 Å². The number of hydrogen-bond donors (Lipinski definition) is 0. The average Bonchev–Trinajstić information content (AvgIpc) is 3.06. The van der Waals surface area contributed by atoms with Crippen LogP contribution in [-0.4, -0.2) is 25.2 Å². The molecule has 1 heterocycles. The van der Waals surface area contributed by atoms with E-state index >= 15 is 0 Å². The summed E-state index contributed by atoms with van der Waals surface area (Å²) in [5, 5.41) is 0. The van der Waals surface area contributed by atoms with Crippen molar-refractivity contribution in [2.45, 2.75) is 12.8 Å². The second-order valence-electron chi connectivity index (χ2n) is 5.14. The minimum absolute atomic E-state index is 0.206. The summed E-state index contributed by atoms with van der Waals surface area (Å²) in [7, 11) is 0. The number of ether oxygens (including phenoxy) is 3. The van der Waals surface area contributed by atoms with Crippen LogP contribution in [0.1, 0.15) is 22.3 Å². The number of benzene rings is 2. The molecule has 2 aromatic carbocycles. The Morgan fingerprint density at radius 1 is 1.00 bits per heavy atom. The van der Waals surface area contributed by atoms with Crippen LogP contribution in [0, 0.1) is 0 Å². The van der Waals surface area contributed by atoms with Crippen molar-refractivity contribution in [3.8, 4) is 11.5 Å². The molecule has 3 rings (SSSR count). The van der Waals surface area contributed by atoms with Crippen LogP contribution in [-0.2, 0) is 16.0 Å². The Balaban J connectivity index is 1.46. The second-order valence-corrected chi connectivity index (χ2v) is 5.14. The summed E-state index contributed by atoms with van der Waals surface area (Å²) in [6.45, 7) is -0.00753. The third kappa shape index (κ3) is 3.88. The molecule has 0 aliphatic carbocycles. The number of carbonyl (C=O) groups is 2. The number of ketones is 1. The van der Waals surface area contributed by atoms with Gasteiger partial charge in [-0.3, -0.25) is 9.59 Å². The maximum Gasteiger partial charge on any atom is 0.306 e. The van der Waals surface area contributed by atoms with Crippen LogP contribution in [0.25, 0.3) is 0 Å². The number of fused-ring (bicyclic) bond motifs is 1. The molecular formula is C18H16O5. The van der Waals surface area contributed by atoms with Crippen molar-refractivity contribution in [1.82, 2.24) is 0 Å². The summed E-state index contributed by atoms with van der Waals surface area (Å²) in [6.07, 6.45) is 0.733. The van der Waals surface area contributed by atoms with Gasteiger partial charge in [0, 0.05) is 12.0 Å². The van der Waals surface area contributed by atoms with Gasteiger partial charge in [0.15, 0.2) is 23.9 Å². The smallest absolute Gasteiger partial charge is 0.306 e. The molecule has 0 N–H and O–H groups in total. The van der Waals surface area contributed by atoms with Crippen molar-refractivity contribution >= 4 is 11.8 Å². The molecule has 0 aromatic heterocycles. The van der Waals surface area contributed by atoms with Crippen LogP contribution in [0.3, 0.4) is 0 Å². The molecule has 0 atom stereocenters. The summed E-state index contributed by atoms with van der Waals surface area (Å²) >= 11 is 0. The van der Waals surface area contributed by atoms with Crippen molar-refractivity contribution in [1.29, 1.82) is 0 Å². The monoisotopic (exact) mass is 312 g/mol. The quantitative estimate of drug-likeness (QED) is 0.606. The molecule has 5 heteroatoms. The van der Waals surface area contributed by atoms with E-state index in [-0.39, 0.29) is 25.6 Å². The zero-order valence-corrected chi connectivity index (χ0v) is 12.5. The van der Waals surface area contributed by atoms with Gasteiger partial charge in [0.1, 0.15) is 0 Å². The molecule has 2 aromatic rings.